The summed E-state index contributed by atoms with van der Waals surface area (Å²) in [4.78, 5) is 4.75. The maximum Gasteiger partial charge on any atom is 0.0689 e. The standard InChI is InChI=1S/C17H20ClN3/c1-13-15(19)7-8-16(17(13)18)21-11-9-20(10-12-21)14-5-3-2-4-6-14/h2-8H,9-12,19H2,1H3. The molecule has 2 N–H and O–H groups in total. The summed E-state index contributed by atoms with van der Waals surface area (Å²) in [5, 5.41) is 0.781. The van der Waals surface area contributed by atoms with Crippen molar-refractivity contribution in [3.8, 4) is 0 Å². The van der Waals surface area contributed by atoms with Crippen molar-refractivity contribution in [2.24, 2.45) is 0 Å². The highest BCUT2D eigenvalue weighted by atomic mass is 35.5. The lowest BCUT2D eigenvalue weighted by atomic mass is 10.1. The Hall–Kier alpha value is -1.87. The van der Waals surface area contributed by atoms with E-state index in [2.05, 4.69) is 40.1 Å². The third kappa shape index (κ3) is 2.79. The van der Waals surface area contributed by atoms with Gasteiger partial charge in [0.15, 0.2) is 0 Å². The van der Waals surface area contributed by atoms with Crippen molar-refractivity contribution in [2.75, 3.05) is 41.7 Å². The lowest BCUT2D eigenvalue weighted by Crippen LogP contribution is -2.46. The highest BCUT2D eigenvalue weighted by molar-refractivity contribution is 6.34. The fourth-order valence-corrected chi connectivity index (χ4v) is 3.07. The third-order valence-electron chi connectivity index (χ3n) is 4.15. The van der Waals surface area contributed by atoms with E-state index < -0.39 is 0 Å². The average Bonchev–Trinajstić information content (AvgIpc) is 2.54. The summed E-state index contributed by atoms with van der Waals surface area (Å²) in [6, 6.07) is 14.5. The van der Waals surface area contributed by atoms with Crippen LogP contribution >= 0.6 is 11.6 Å². The normalized spacial score (nSPS) is 15.3. The van der Waals surface area contributed by atoms with Crippen molar-refractivity contribution in [3.05, 3.63) is 53.1 Å². The van der Waals surface area contributed by atoms with Crippen molar-refractivity contribution in [1.29, 1.82) is 0 Å². The molecule has 1 aliphatic heterocycles. The van der Waals surface area contributed by atoms with Crippen LogP contribution in [-0.4, -0.2) is 26.2 Å². The minimum Gasteiger partial charge on any atom is -0.398 e. The van der Waals surface area contributed by atoms with Gasteiger partial charge in [0.2, 0.25) is 0 Å². The fourth-order valence-electron chi connectivity index (χ4n) is 2.77. The first-order chi connectivity index (χ1) is 10.2. The second-order valence-corrected chi connectivity index (χ2v) is 5.80. The van der Waals surface area contributed by atoms with Crippen LogP contribution in [0.3, 0.4) is 0 Å². The molecule has 0 saturated carbocycles. The van der Waals surface area contributed by atoms with Crippen LogP contribution in [0.2, 0.25) is 5.02 Å². The van der Waals surface area contributed by atoms with Crippen LogP contribution in [0, 0.1) is 6.92 Å². The van der Waals surface area contributed by atoms with Crippen LogP contribution in [0.1, 0.15) is 5.56 Å². The van der Waals surface area contributed by atoms with Gasteiger partial charge in [0, 0.05) is 37.6 Å². The molecule has 4 heteroatoms. The molecule has 1 saturated heterocycles. The molecule has 21 heavy (non-hydrogen) atoms. The number of benzene rings is 2. The zero-order valence-electron chi connectivity index (χ0n) is 12.2. The van der Waals surface area contributed by atoms with Gasteiger partial charge in [0.05, 0.1) is 10.7 Å². The van der Waals surface area contributed by atoms with Gasteiger partial charge in [-0.1, -0.05) is 29.8 Å². The highest BCUT2D eigenvalue weighted by Crippen LogP contribution is 2.33. The molecule has 1 fully saturated rings. The van der Waals surface area contributed by atoms with Crippen LogP contribution in [0.5, 0.6) is 0 Å². The quantitative estimate of drug-likeness (QED) is 0.861. The number of rotatable bonds is 2. The molecule has 3 nitrogen and oxygen atoms in total. The molecule has 1 aliphatic rings. The average molecular weight is 302 g/mol. The summed E-state index contributed by atoms with van der Waals surface area (Å²) in [5.74, 6) is 0. The number of hydrogen-bond acceptors (Lipinski definition) is 3. The highest BCUT2D eigenvalue weighted by Gasteiger charge is 2.20. The molecule has 0 spiro atoms. The molecule has 2 aromatic rings. The van der Waals surface area contributed by atoms with E-state index in [9.17, 15) is 0 Å². The summed E-state index contributed by atoms with van der Waals surface area (Å²) in [6.45, 7) is 5.92. The van der Waals surface area contributed by atoms with E-state index in [1.807, 2.05) is 19.1 Å². The number of anilines is 3. The Bertz CT molecular complexity index is 619. The largest absolute Gasteiger partial charge is 0.398 e. The zero-order valence-corrected chi connectivity index (χ0v) is 13.0. The van der Waals surface area contributed by atoms with Crippen LogP contribution in [0.4, 0.5) is 17.1 Å². The van der Waals surface area contributed by atoms with Gasteiger partial charge in [0.1, 0.15) is 0 Å². The van der Waals surface area contributed by atoms with E-state index in [-0.39, 0.29) is 0 Å². The van der Waals surface area contributed by atoms with E-state index in [1.54, 1.807) is 0 Å². The topological polar surface area (TPSA) is 32.5 Å². The molecular formula is C17H20ClN3. The monoisotopic (exact) mass is 301 g/mol. The van der Waals surface area contributed by atoms with Crippen LogP contribution in [-0.2, 0) is 0 Å². The molecule has 0 amide bonds. The Morgan fingerprint density at radius 3 is 2.19 bits per heavy atom. The van der Waals surface area contributed by atoms with Crippen molar-refractivity contribution in [2.45, 2.75) is 6.92 Å². The number of nitrogens with zero attached hydrogens (tertiary/aromatic N) is 2. The summed E-state index contributed by atoms with van der Waals surface area (Å²) in [7, 11) is 0. The van der Waals surface area contributed by atoms with Crippen LogP contribution in [0.25, 0.3) is 0 Å². The maximum atomic E-state index is 6.45. The number of para-hydroxylation sites is 1. The van der Waals surface area contributed by atoms with Gasteiger partial charge in [-0.05, 0) is 36.8 Å². The Balaban J connectivity index is 1.73. The van der Waals surface area contributed by atoms with E-state index in [0.717, 1.165) is 48.1 Å². The van der Waals surface area contributed by atoms with Crippen LogP contribution < -0.4 is 15.5 Å². The lowest BCUT2D eigenvalue weighted by Gasteiger charge is -2.38. The van der Waals surface area contributed by atoms with Gasteiger partial charge in [-0.25, -0.2) is 0 Å². The SMILES string of the molecule is Cc1c(N)ccc(N2CCN(c3ccccc3)CC2)c1Cl. The van der Waals surface area contributed by atoms with Gasteiger partial charge in [-0.3, -0.25) is 0 Å². The van der Waals surface area contributed by atoms with Crippen molar-refractivity contribution in [1.82, 2.24) is 0 Å². The first-order valence-corrected chi connectivity index (χ1v) is 7.64. The fraction of sp³-hybridized carbons (Fsp3) is 0.294. The predicted octanol–water partition coefficient (Wildman–Crippen LogP) is 3.56. The number of nitrogens with two attached hydrogens (primary N) is 1. The summed E-state index contributed by atoms with van der Waals surface area (Å²) in [6.07, 6.45) is 0. The number of hydrogen-bond donors (Lipinski definition) is 1. The van der Waals surface area contributed by atoms with Gasteiger partial charge in [-0.15, -0.1) is 0 Å². The van der Waals surface area contributed by atoms with Crippen LogP contribution in [0.15, 0.2) is 42.5 Å². The van der Waals surface area contributed by atoms with Crippen molar-refractivity contribution >= 4 is 28.7 Å². The smallest absolute Gasteiger partial charge is 0.0689 e. The van der Waals surface area contributed by atoms with Gasteiger partial charge >= 0.3 is 0 Å². The Kier molecular flexibility index (Phi) is 3.93. The number of nitrogen functional groups attached to an aromatic ring is 1. The lowest BCUT2D eigenvalue weighted by molar-refractivity contribution is 0.653. The minimum atomic E-state index is 0.756. The van der Waals surface area contributed by atoms with E-state index in [4.69, 9.17) is 17.3 Å². The second-order valence-electron chi connectivity index (χ2n) is 5.42. The summed E-state index contributed by atoms with van der Waals surface area (Å²) in [5.41, 5.74) is 10.0. The molecule has 0 aromatic heterocycles. The molecular weight excluding hydrogens is 282 g/mol. The van der Waals surface area contributed by atoms with E-state index in [1.165, 1.54) is 5.69 Å². The summed E-state index contributed by atoms with van der Waals surface area (Å²) < 4.78 is 0. The molecule has 110 valence electrons. The van der Waals surface area contributed by atoms with E-state index >= 15 is 0 Å². The molecule has 0 unspecified atom stereocenters. The molecule has 0 radical (unpaired) electrons. The van der Waals surface area contributed by atoms with Gasteiger partial charge in [-0.2, -0.15) is 0 Å². The minimum absolute atomic E-state index is 0.756. The molecule has 0 aliphatic carbocycles. The predicted molar refractivity (Wildman–Crippen MR) is 91.5 cm³/mol. The molecule has 0 atom stereocenters. The first kappa shape index (κ1) is 14.1. The Morgan fingerprint density at radius 1 is 0.905 bits per heavy atom. The van der Waals surface area contributed by atoms with E-state index in [0.29, 0.717) is 0 Å². The second kappa shape index (κ2) is 5.86. The van der Waals surface area contributed by atoms with Crippen molar-refractivity contribution in [3.63, 3.8) is 0 Å². The number of piperazine rings is 1. The maximum absolute atomic E-state index is 6.45. The zero-order chi connectivity index (χ0) is 14.8. The molecule has 0 bridgehead atoms. The third-order valence-corrected chi connectivity index (χ3v) is 4.63. The number of halogens is 1. The molecule has 2 aromatic carbocycles. The van der Waals surface area contributed by atoms with Crippen molar-refractivity contribution < 1.29 is 0 Å². The molecule has 1 heterocycles. The Labute approximate surface area is 130 Å². The molecule has 3 rings (SSSR count). The Morgan fingerprint density at radius 2 is 1.52 bits per heavy atom. The first-order valence-electron chi connectivity index (χ1n) is 7.26. The van der Waals surface area contributed by atoms with Gasteiger partial charge < -0.3 is 15.5 Å². The summed E-state index contributed by atoms with van der Waals surface area (Å²) >= 11 is 6.45. The van der Waals surface area contributed by atoms with Gasteiger partial charge in [0.25, 0.3) is 0 Å².